The van der Waals surface area contributed by atoms with Crippen LogP contribution in [-0.4, -0.2) is 20.3 Å². The van der Waals surface area contributed by atoms with Crippen molar-refractivity contribution in [2.75, 3.05) is 11.1 Å². The Bertz CT molecular complexity index is 1340. The predicted molar refractivity (Wildman–Crippen MR) is 124 cm³/mol. The fraction of sp³-hybridized carbons (Fsp3) is 0.0870. The van der Waals surface area contributed by atoms with Gasteiger partial charge in [-0.3, -0.25) is 14.3 Å². The van der Waals surface area contributed by atoms with Crippen LogP contribution < -0.4 is 21.3 Å². The van der Waals surface area contributed by atoms with Crippen LogP contribution in [0.2, 0.25) is 5.02 Å². The third-order valence-corrected chi connectivity index (χ3v) is 5.38. The normalized spacial score (nSPS) is 10.7. The number of carbonyl (C=O) groups is 1. The quantitative estimate of drug-likeness (QED) is 0.476. The van der Waals surface area contributed by atoms with E-state index in [4.69, 9.17) is 22.1 Å². The molecule has 0 aliphatic carbocycles. The Kier molecular flexibility index (Phi) is 5.70. The molecular formula is C23H20ClN5O3. The lowest BCUT2D eigenvalue weighted by molar-refractivity contribution is 0.102. The smallest absolute Gasteiger partial charge is 0.284 e. The van der Waals surface area contributed by atoms with Gasteiger partial charge in [-0.1, -0.05) is 29.8 Å². The number of nitrogens with two attached hydrogens (primary N) is 1. The van der Waals surface area contributed by atoms with Crippen molar-refractivity contribution >= 4 is 29.0 Å². The Morgan fingerprint density at radius 1 is 1.09 bits per heavy atom. The van der Waals surface area contributed by atoms with Gasteiger partial charge in [-0.2, -0.15) is 0 Å². The first kappa shape index (κ1) is 21.2. The van der Waals surface area contributed by atoms with Crippen LogP contribution in [0.25, 0.3) is 5.69 Å². The zero-order valence-electron chi connectivity index (χ0n) is 17.4. The van der Waals surface area contributed by atoms with Gasteiger partial charge in [0.05, 0.1) is 11.4 Å². The van der Waals surface area contributed by atoms with Gasteiger partial charge in [0.2, 0.25) is 0 Å². The fourth-order valence-electron chi connectivity index (χ4n) is 3.28. The molecule has 0 radical (unpaired) electrons. The van der Waals surface area contributed by atoms with Crippen molar-refractivity contribution in [3.05, 3.63) is 93.5 Å². The molecule has 3 N–H and O–H groups in total. The van der Waals surface area contributed by atoms with E-state index >= 15 is 0 Å². The molecule has 0 aliphatic heterocycles. The highest BCUT2D eigenvalue weighted by molar-refractivity contribution is 6.34. The Hall–Kier alpha value is -4.04. The average Bonchev–Trinajstić information content (AvgIpc) is 3.01. The number of benzene rings is 2. The maximum Gasteiger partial charge on any atom is 0.284 e. The van der Waals surface area contributed by atoms with Crippen LogP contribution in [0.1, 0.15) is 16.1 Å². The number of nitrogens with zero attached hydrogens (tertiary/aromatic N) is 3. The van der Waals surface area contributed by atoms with Crippen molar-refractivity contribution < 1.29 is 9.53 Å². The summed E-state index contributed by atoms with van der Waals surface area (Å²) >= 11 is 6.10. The van der Waals surface area contributed by atoms with Gasteiger partial charge in [0.1, 0.15) is 22.2 Å². The van der Waals surface area contributed by atoms with E-state index in [1.807, 2.05) is 30.3 Å². The van der Waals surface area contributed by atoms with Gasteiger partial charge in [0.15, 0.2) is 5.75 Å². The van der Waals surface area contributed by atoms with E-state index in [1.165, 1.54) is 10.9 Å². The molecule has 4 aromatic rings. The van der Waals surface area contributed by atoms with E-state index in [1.54, 1.807) is 49.0 Å². The molecule has 0 atom stereocenters. The maximum absolute atomic E-state index is 13.0. The van der Waals surface area contributed by atoms with E-state index in [0.717, 1.165) is 0 Å². The summed E-state index contributed by atoms with van der Waals surface area (Å²) in [7, 11) is 1.74. The van der Waals surface area contributed by atoms with Crippen LogP contribution in [0, 0.1) is 6.92 Å². The highest BCUT2D eigenvalue weighted by Crippen LogP contribution is 2.32. The minimum Gasteiger partial charge on any atom is -0.456 e. The molecule has 4 rings (SSSR count). The first-order valence-electron chi connectivity index (χ1n) is 9.70. The van der Waals surface area contributed by atoms with Crippen molar-refractivity contribution in [1.29, 1.82) is 0 Å². The van der Waals surface area contributed by atoms with Crippen molar-refractivity contribution in [2.24, 2.45) is 7.05 Å². The summed E-state index contributed by atoms with van der Waals surface area (Å²) in [6, 6.07) is 17.4. The molecule has 2 aromatic heterocycles. The molecule has 0 unspecified atom stereocenters. The highest BCUT2D eigenvalue weighted by Gasteiger charge is 2.22. The van der Waals surface area contributed by atoms with E-state index in [0.29, 0.717) is 28.6 Å². The Labute approximate surface area is 188 Å². The third kappa shape index (κ3) is 3.95. The number of anilines is 2. The molecule has 8 nitrogen and oxygen atoms in total. The molecule has 2 heterocycles. The summed E-state index contributed by atoms with van der Waals surface area (Å²) in [4.78, 5) is 29.8. The Balaban J connectivity index is 1.55. The number of nitrogen functional groups attached to an aromatic ring is 1. The van der Waals surface area contributed by atoms with Crippen molar-refractivity contribution in [3.8, 4) is 17.2 Å². The van der Waals surface area contributed by atoms with Gasteiger partial charge in [-0.15, -0.1) is 0 Å². The summed E-state index contributed by atoms with van der Waals surface area (Å²) in [5.74, 6) is 0.555. The minimum atomic E-state index is -0.489. The Morgan fingerprint density at radius 2 is 1.78 bits per heavy atom. The summed E-state index contributed by atoms with van der Waals surface area (Å²) in [6.07, 6.45) is 1.50. The van der Waals surface area contributed by atoms with Crippen molar-refractivity contribution in [1.82, 2.24) is 14.3 Å². The number of carbonyl (C=O) groups excluding carboxylic acids is 1. The summed E-state index contributed by atoms with van der Waals surface area (Å²) < 4.78 is 8.84. The Morgan fingerprint density at radius 3 is 2.47 bits per heavy atom. The summed E-state index contributed by atoms with van der Waals surface area (Å²) in [6.45, 7) is 1.73. The number of amides is 1. The van der Waals surface area contributed by atoms with Gasteiger partial charge in [-0.05, 0) is 43.3 Å². The van der Waals surface area contributed by atoms with Gasteiger partial charge in [0, 0.05) is 25.0 Å². The fourth-order valence-corrected chi connectivity index (χ4v) is 3.43. The number of ether oxygens (including phenoxy) is 1. The molecule has 0 aliphatic rings. The van der Waals surface area contributed by atoms with Crippen LogP contribution in [-0.2, 0) is 7.05 Å². The van der Waals surface area contributed by atoms with Crippen molar-refractivity contribution in [3.63, 3.8) is 0 Å². The molecule has 1 amide bonds. The lowest BCUT2D eigenvalue weighted by Gasteiger charge is -2.09. The number of rotatable bonds is 5. The molecule has 9 heteroatoms. The summed E-state index contributed by atoms with van der Waals surface area (Å²) in [5, 5.41) is 2.99. The number of nitrogens with one attached hydrogen (secondary N) is 1. The van der Waals surface area contributed by atoms with Crippen LogP contribution in [0.5, 0.6) is 11.5 Å². The minimum absolute atomic E-state index is 0.0794. The van der Waals surface area contributed by atoms with E-state index in [9.17, 15) is 9.59 Å². The van der Waals surface area contributed by atoms with E-state index in [2.05, 4.69) is 10.3 Å². The van der Waals surface area contributed by atoms with Gasteiger partial charge < -0.3 is 15.8 Å². The number of pyridine rings is 1. The third-order valence-electron chi connectivity index (χ3n) is 5.00. The number of hydrogen-bond donors (Lipinski definition) is 2. The lowest BCUT2D eigenvalue weighted by atomic mass is 10.2. The number of aromatic nitrogens is 3. The zero-order valence-corrected chi connectivity index (χ0v) is 18.1. The second-order valence-electron chi connectivity index (χ2n) is 7.03. The first-order valence-corrected chi connectivity index (χ1v) is 10.1. The van der Waals surface area contributed by atoms with Crippen LogP contribution >= 0.6 is 11.6 Å². The van der Waals surface area contributed by atoms with Crippen molar-refractivity contribution in [2.45, 2.75) is 6.92 Å². The van der Waals surface area contributed by atoms with Crippen LogP contribution in [0.15, 0.2) is 71.7 Å². The number of halogens is 1. The lowest BCUT2D eigenvalue weighted by Crippen LogP contribution is -2.25. The second-order valence-corrected chi connectivity index (χ2v) is 7.40. The molecule has 0 saturated carbocycles. The SMILES string of the molecule is Cc1c(C(=O)Nc2ccc(Oc3ccnc(N)c3Cl)cc2)c(=O)n(-c2ccccc2)n1C. The number of para-hydroxylation sites is 1. The predicted octanol–water partition coefficient (Wildman–Crippen LogP) is 4.16. The van der Waals surface area contributed by atoms with Gasteiger partial charge in [-0.25, -0.2) is 9.67 Å². The zero-order chi connectivity index (χ0) is 22.8. The molecule has 0 fully saturated rings. The molecule has 0 saturated heterocycles. The second kappa shape index (κ2) is 8.60. The maximum atomic E-state index is 13.0. The standard InChI is InChI=1S/C23H20ClN5O3/c1-14-19(23(31)29(28(14)2)16-6-4-3-5-7-16)22(30)27-15-8-10-17(11-9-15)32-18-12-13-26-21(25)20(18)24/h3-13H,1-2H3,(H2,25,26)(H,27,30). The van der Waals surface area contributed by atoms with Gasteiger partial charge in [0.25, 0.3) is 11.5 Å². The van der Waals surface area contributed by atoms with Crippen LogP contribution in [0.4, 0.5) is 11.5 Å². The van der Waals surface area contributed by atoms with E-state index in [-0.39, 0.29) is 16.4 Å². The largest absolute Gasteiger partial charge is 0.456 e. The van der Waals surface area contributed by atoms with E-state index < -0.39 is 11.5 Å². The molecule has 0 spiro atoms. The summed E-state index contributed by atoms with van der Waals surface area (Å²) in [5.41, 5.74) is 7.12. The monoisotopic (exact) mass is 449 g/mol. The molecular weight excluding hydrogens is 430 g/mol. The topological polar surface area (TPSA) is 104 Å². The molecule has 162 valence electrons. The van der Waals surface area contributed by atoms with Gasteiger partial charge >= 0.3 is 0 Å². The molecule has 0 bridgehead atoms. The number of hydrogen-bond acceptors (Lipinski definition) is 5. The molecule has 32 heavy (non-hydrogen) atoms. The average molecular weight is 450 g/mol. The highest BCUT2D eigenvalue weighted by atomic mass is 35.5. The van der Waals surface area contributed by atoms with Crippen LogP contribution in [0.3, 0.4) is 0 Å². The first-order chi connectivity index (χ1) is 15.4. The molecule has 2 aromatic carbocycles.